The highest BCUT2D eigenvalue weighted by Crippen LogP contribution is 2.11. The van der Waals surface area contributed by atoms with Crippen molar-refractivity contribution in [1.82, 2.24) is 4.13 Å². The molecule has 0 bridgehead atoms. The van der Waals surface area contributed by atoms with Gasteiger partial charge in [-0.3, -0.25) is 8.74 Å². The summed E-state index contributed by atoms with van der Waals surface area (Å²) < 4.78 is 56.4. The van der Waals surface area contributed by atoms with Crippen molar-refractivity contribution in [3.63, 3.8) is 0 Å². The predicted molar refractivity (Wildman–Crippen MR) is 138 cm³/mol. The first kappa shape index (κ1) is 34.9. The topological polar surface area (TPSA) is 136 Å². The zero-order chi connectivity index (χ0) is 25.3. The first-order valence-electron chi connectivity index (χ1n) is 13.0. The molecule has 0 aliphatic rings. The number of hydrogen-bond donors (Lipinski definition) is 3. The van der Waals surface area contributed by atoms with Crippen LogP contribution in [0.15, 0.2) is 0 Å². The fourth-order valence-electron chi connectivity index (χ4n) is 3.37. The van der Waals surface area contributed by atoms with E-state index in [1.165, 1.54) is 96.3 Å². The van der Waals surface area contributed by atoms with E-state index in [1.54, 1.807) is 0 Å². The van der Waals surface area contributed by atoms with Gasteiger partial charge in [-0.2, -0.15) is 16.8 Å². The zero-order valence-corrected chi connectivity index (χ0v) is 22.9. The number of nitrogens with one attached hydrogen (secondary N) is 1. The highest BCUT2D eigenvalue weighted by atomic mass is 32.3. The maximum Gasteiger partial charge on any atom is 0.350 e. The van der Waals surface area contributed by atoms with Crippen LogP contribution >= 0.6 is 0 Å². The smallest absolute Gasteiger partial charge is 0.330 e. The molecule has 0 aromatic heterocycles. The maximum atomic E-state index is 11.0. The lowest BCUT2D eigenvalue weighted by Gasteiger charge is -2.05. The third-order valence-electron chi connectivity index (χ3n) is 5.25. The summed E-state index contributed by atoms with van der Waals surface area (Å²) in [4.78, 5) is 0. The molecule has 0 heterocycles. The SMILES string of the molecule is CCCCCCCCCCCCN.CCCCCCCCCCCOS(=O)(=O)NS(=O)(=O)O. The molecular formula is C23H52N2O6S2. The van der Waals surface area contributed by atoms with Crippen LogP contribution in [-0.2, 0) is 24.8 Å². The fourth-order valence-corrected chi connectivity index (χ4v) is 4.93. The Morgan fingerprint density at radius 1 is 0.606 bits per heavy atom. The molecule has 8 nitrogen and oxygen atoms in total. The van der Waals surface area contributed by atoms with E-state index < -0.39 is 20.6 Å². The van der Waals surface area contributed by atoms with Crippen molar-refractivity contribution in [3.8, 4) is 0 Å². The van der Waals surface area contributed by atoms with Gasteiger partial charge >= 0.3 is 20.6 Å². The molecule has 0 saturated heterocycles. The average Bonchev–Trinajstić information content (AvgIpc) is 2.73. The van der Waals surface area contributed by atoms with Crippen LogP contribution in [-0.4, -0.2) is 34.5 Å². The van der Waals surface area contributed by atoms with E-state index in [0.717, 1.165) is 29.9 Å². The van der Waals surface area contributed by atoms with Gasteiger partial charge in [-0.05, 0) is 19.4 Å². The third-order valence-corrected chi connectivity index (χ3v) is 7.39. The van der Waals surface area contributed by atoms with Crippen LogP contribution < -0.4 is 9.86 Å². The fraction of sp³-hybridized carbons (Fsp3) is 1.00. The lowest BCUT2D eigenvalue weighted by molar-refractivity contribution is 0.303. The second kappa shape index (κ2) is 24.9. The van der Waals surface area contributed by atoms with Gasteiger partial charge in [-0.25, -0.2) is 0 Å². The van der Waals surface area contributed by atoms with E-state index in [9.17, 15) is 16.8 Å². The second-order valence-corrected chi connectivity index (χ2v) is 11.4. The summed E-state index contributed by atoms with van der Waals surface area (Å²) in [5, 5.41) is 0. The minimum Gasteiger partial charge on any atom is -0.330 e. The monoisotopic (exact) mass is 516 g/mol. The molecular weight excluding hydrogens is 464 g/mol. The lowest BCUT2D eigenvalue weighted by Crippen LogP contribution is -2.31. The van der Waals surface area contributed by atoms with E-state index in [2.05, 4.69) is 18.0 Å². The summed E-state index contributed by atoms with van der Waals surface area (Å²) in [6.07, 6.45) is 23.6. The van der Waals surface area contributed by atoms with E-state index in [1.807, 2.05) is 0 Å². The first-order valence-corrected chi connectivity index (χ1v) is 15.9. The molecule has 202 valence electrons. The van der Waals surface area contributed by atoms with E-state index in [-0.39, 0.29) is 6.61 Å². The second-order valence-electron chi connectivity index (χ2n) is 8.63. The Labute approximate surface area is 205 Å². The van der Waals surface area contributed by atoms with Crippen LogP contribution in [0.4, 0.5) is 0 Å². The summed E-state index contributed by atoms with van der Waals surface area (Å²) in [6, 6.07) is 0. The van der Waals surface area contributed by atoms with Crippen molar-refractivity contribution < 1.29 is 25.6 Å². The molecule has 0 aromatic rings. The van der Waals surface area contributed by atoms with Crippen LogP contribution in [0.2, 0.25) is 0 Å². The highest BCUT2D eigenvalue weighted by molar-refractivity contribution is 7.99. The van der Waals surface area contributed by atoms with Gasteiger partial charge in [0.2, 0.25) is 0 Å². The van der Waals surface area contributed by atoms with Gasteiger partial charge in [-0.15, -0.1) is 0 Å². The van der Waals surface area contributed by atoms with E-state index in [0.29, 0.717) is 6.42 Å². The molecule has 0 aliphatic carbocycles. The van der Waals surface area contributed by atoms with Crippen molar-refractivity contribution >= 4 is 20.6 Å². The normalized spacial score (nSPS) is 11.9. The summed E-state index contributed by atoms with van der Waals surface area (Å²) in [5.41, 5.74) is 5.42. The van der Waals surface area contributed by atoms with Gasteiger partial charge < -0.3 is 5.73 Å². The Hall–Kier alpha value is -0.260. The van der Waals surface area contributed by atoms with Crippen molar-refractivity contribution in [2.24, 2.45) is 5.73 Å². The highest BCUT2D eigenvalue weighted by Gasteiger charge is 2.18. The minimum absolute atomic E-state index is 0.0965. The largest absolute Gasteiger partial charge is 0.350 e. The quantitative estimate of drug-likeness (QED) is 0.111. The van der Waals surface area contributed by atoms with Crippen molar-refractivity contribution in [2.45, 2.75) is 136 Å². The minimum atomic E-state index is -4.81. The third kappa shape index (κ3) is 34.0. The molecule has 0 spiro atoms. The van der Waals surface area contributed by atoms with Crippen LogP contribution in [0.3, 0.4) is 0 Å². The Morgan fingerprint density at radius 2 is 0.939 bits per heavy atom. The van der Waals surface area contributed by atoms with Crippen LogP contribution in [0.5, 0.6) is 0 Å². The predicted octanol–water partition coefficient (Wildman–Crippen LogP) is 6.04. The average molecular weight is 517 g/mol. The summed E-state index contributed by atoms with van der Waals surface area (Å²) in [6.45, 7) is 5.22. The molecule has 10 heteroatoms. The molecule has 33 heavy (non-hydrogen) atoms. The number of nitrogens with two attached hydrogens (primary N) is 1. The van der Waals surface area contributed by atoms with Gasteiger partial charge in [-0.1, -0.05) is 127 Å². The molecule has 0 aromatic carbocycles. The lowest BCUT2D eigenvalue weighted by atomic mass is 10.1. The maximum absolute atomic E-state index is 11.0. The molecule has 4 N–H and O–H groups in total. The van der Waals surface area contributed by atoms with Crippen LogP contribution in [0.25, 0.3) is 0 Å². The van der Waals surface area contributed by atoms with Crippen molar-refractivity contribution in [1.29, 1.82) is 0 Å². The van der Waals surface area contributed by atoms with Gasteiger partial charge in [0.05, 0.1) is 6.61 Å². The Kier molecular flexibility index (Phi) is 26.3. The van der Waals surface area contributed by atoms with E-state index >= 15 is 0 Å². The first-order chi connectivity index (χ1) is 15.7. The summed E-state index contributed by atoms with van der Waals surface area (Å²) in [5.74, 6) is 0. The summed E-state index contributed by atoms with van der Waals surface area (Å²) >= 11 is 0. The summed E-state index contributed by atoms with van der Waals surface area (Å²) in [7, 11) is -9.24. The van der Waals surface area contributed by atoms with Crippen molar-refractivity contribution in [3.05, 3.63) is 0 Å². The van der Waals surface area contributed by atoms with Gasteiger partial charge in [0.1, 0.15) is 0 Å². The Balaban J connectivity index is 0. The molecule has 0 unspecified atom stereocenters. The molecule has 0 aliphatic heterocycles. The van der Waals surface area contributed by atoms with Crippen molar-refractivity contribution in [2.75, 3.05) is 13.2 Å². The van der Waals surface area contributed by atoms with Gasteiger partial charge in [0, 0.05) is 0 Å². The molecule has 0 atom stereocenters. The number of hydrogen-bond acceptors (Lipinski definition) is 6. The molecule has 0 rings (SSSR count). The van der Waals surface area contributed by atoms with Gasteiger partial charge in [0.15, 0.2) is 0 Å². The molecule has 0 amide bonds. The van der Waals surface area contributed by atoms with Gasteiger partial charge in [0.25, 0.3) is 0 Å². The molecule has 0 saturated carbocycles. The standard InChI is InChI=1S/C12H27N.C11H25NO6S2/c1-2-3-4-5-6-7-8-9-10-11-12-13;1-2-3-4-5-6-7-8-9-10-11-18-20(16,17)12-19(13,14)15/h2-13H2,1H3;12H,2-11H2,1H3,(H,13,14,15). The van der Waals surface area contributed by atoms with Crippen LogP contribution in [0, 0.1) is 0 Å². The zero-order valence-electron chi connectivity index (χ0n) is 21.2. The number of unbranched alkanes of at least 4 members (excludes halogenated alkanes) is 17. The molecule has 0 radical (unpaired) electrons. The Bertz CT molecular complexity index is 588. The number of rotatable bonds is 23. The van der Waals surface area contributed by atoms with Crippen LogP contribution in [0.1, 0.15) is 136 Å². The molecule has 0 fully saturated rings. The van der Waals surface area contributed by atoms with E-state index in [4.69, 9.17) is 10.3 Å². The Morgan fingerprint density at radius 3 is 1.27 bits per heavy atom.